The Morgan fingerprint density at radius 1 is 1.22 bits per heavy atom. The highest BCUT2D eigenvalue weighted by Crippen LogP contribution is 2.19. The van der Waals surface area contributed by atoms with Crippen molar-refractivity contribution in [2.24, 2.45) is 5.73 Å². The van der Waals surface area contributed by atoms with Crippen molar-refractivity contribution in [1.29, 1.82) is 0 Å². The number of rotatable bonds is 4. The summed E-state index contributed by atoms with van der Waals surface area (Å²) in [5.41, 5.74) is 8.51. The molecule has 0 amide bonds. The van der Waals surface area contributed by atoms with Crippen molar-refractivity contribution < 1.29 is 4.74 Å². The zero-order valence-electron chi connectivity index (χ0n) is 10.7. The molecule has 0 aliphatic rings. The first-order chi connectivity index (χ1) is 8.72. The molecule has 4 heteroatoms. The number of para-hydroxylation sites is 1. The normalized spacial score (nSPS) is 10.4. The summed E-state index contributed by atoms with van der Waals surface area (Å²) in [7, 11) is 1.67. The summed E-state index contributed by atoms with van der Waals surface area (Å²) >= 11 is 0. The van der Waals surface area contributed by atoms with E-state index in [-0.39, 0.29) is 0 Å². The minimum absolute atomic E-state index is 0.433. The second-order valence-electron chi connectivity index (χ2n) is 4.11. The van der Waals surface area contributed by atoms with Gasteiger partial charge in [-0.05, 0) is 19.1 Å². The summed E-state index contributed by atoms with van der Waals surface area (Å²) in [5, 5.41) is 0. The first-order valence-corrected chi connectivity index (χ1v) is 5.88. The van der Waals surface area contributed by atoms with Crippen molar-refractivity contribution in [1.82, 2.24) is 9.97 Å². The molecule has 0 aliphatic heterocycles. The number of nitrogens with zero attached hydrogens (tertiary/aromatic N) is 2. The maximum absolute atomic E-state index is 5.62. The number of methoxy groups -OCH3 is 1. The van der Waals surface area contributed by atoms with Crippen LogP contribution in [0, 0.1) is 6.92 Å². The Kier molecular flexibility index (Phi) is 3.89. The fraction of sp³-hybridized carbons (Fsp3) is 0.286. The van der Waals surface area contributed by atoms with Crippen LogP contribution < -0.4 is 10.5 Å². The number of benzene rings is 1. The van der Waals surface area contributed by atoms with E-state index in [1.807, 2.05) is 37.3 Å². The standard InChI is InChI=1S/C14H17N3O/c1-10-7-12(9-15)17-14(16-10)8-11-5-3-4-6-13(11)18-2/h3-7H,8-9,15H2,1-2H3. The molecule has 2 N–H and O–H groups in total. The minimum atomic E-state index is 0.433. The van der Waals surface area contributed by atoms with Crippen LogP contribution in [0.3, 0.4) is 0 Å². The van der Waals surface area contributed by atoms with Crippen molar-refractivity contribution in [2.45, 2.75) is 19.9 Å². The Labute approximate surface area is 107 Å². The summed E-state index contributed by atoms with van der Waals surface area (Å²) in [6.07, 6.45) is 0.651. The SMILES string of the molecule is COc1ccccc1Cc1nc(C)cc(CN)n1. The van der Waals surface area contributed by atoms with Gasteiger partial charge >= 0.3 is 0 Å². The molecule has 1 aromatic heterocycles. The minimum Gasteiger partial charge on any atom is -0.496 e. The topological polar surface area (TPSA) is 61.0 Å². The van der Waals surface area contributed by atoms with Crippen molar-refractivity contribution in [3.05, 3.63) is 53.1 Å². The Morgan fingerprint density at radius 3 is 2.72 bits per heavy atom. The lowest BCUT2D eigenvalue weighted by Crippen LogP contribution is -2.06. The molecule has 94 valence electrons. The van der Waals surface area contributed by atoms with Gasteiger partial charge in [0.25, 0.3) is 0 Å². The van der Waals surface area contributed by atoms with Gasteiger partial charge in [0, 0.05) is 24.2 Å². The van der Waals surface area contributed by atoms with Gasteiger partial charge < -0.3 is 10.5 Å². The zero-order valence-corrected chi connectivity index (χ0v) is 10.7. The molecule has 0 saturated carbocycles. The van der Waals surface area contributed by atoms with Gasteiger partial charge in [0.15, 0.2) is 0 Å². The van der Waals surface area contributed by atoms with E-state index in [0.717, 1.165) is 28.5 Å². The van der Waals surface area contributed by atoms with Gasteiger partial charge in [-0.25, -0.2) is 9.97 Å². The molecule has 0 unspecified atom stereocenters. The zero-order chi connectivity index (χ0) is 13.0. The van der Waals surface area contributed by atoms with Gasteiger partial charge in [0.1, 0.15) is 11.6 Å². The number of nitrogens with two attached hydrogens (primary N) is 1. The quantitative estimate of drug-likeness (QED) is 0.890. The predicted octanol–water partition coefficient (Wildman–Crippen LogP) is 1.84. The first-order valence-electron chi connectivity index (χ1n) is 5.88. The van der Waals surface area contributed by atoms with Crippen LogP contribution in [0.1, 0.15) is 22.8 Å². The van der Waals surface area contributed by atoms with E-state index in [1.165, 1.54) is 0 Å². The van der Waals surface area contributed by atoms with Gasteiger partial charge in [-0.1, -0.05) is 18.2 Å². The van der Waals surface area contributed by atoms with E-state index >= 15 is 0 Å². The molecule has 2 aromatic rings. The van der Waals surface area contributed by atoms with E-state index in [9.17, 15) is 0 Å². The summed E-state index contributed by atoms with van der Waals surface area (Å²) in [6, 6.07) is 9.80. The Morgan fingerprint density at radius 2 is 2.00 bits per heavy atom. The fourth-order valence-electron chi connectivity index (χ4n) is 1.90. The molecule has 0 aliphatic carbocycles. The smallest absolute Gasteiger partial charge is 0.133 e. The lowest BCUT2D eigenvalue weighted by Gasteiger charge is -2.08. The third kappa shape index (κ3) is 2.84. The third-order valence-electron chi connectivity index (χ3n) is 2.70. The fourth-order valence-corrected chi connectivity index (χ4v) is 1.90. The monoisotopic (exact) mass is 243 g/mol. The van der Waals surface area contributed by atoms with Crippen LogP contribution in [0.4, 0.5) is 0 Å². The molecule has 2 rings (SSSR count). The lowest BCUT2D eigenvalue weighted by atomic mass is 10.1. The van der Waals surface area contributed by atoms with Crippen molar-refractivity contribution in [3.63, 3.8) is 0 Å². The van der Waals surface area contributed by atoms with E-state index in [2.05, 4.69) is 9.97 Å². The highest BCUT2D eigenvalue weighted by atomic mass is 16.5. The number of ether oxygens (including phenoxy) is 1. The van der Waals surface area contributed by atoms with Gasteiger partial charge in [0.05, 0.1) is 12.8 Å². The second-order valence-corrected chi connectivity index (χ2v) is 4.11. The van der Waals surface area contributed by atoms with Crippen LogP contribution in [0.5, 0.6) is 5.75 Å². The number of aromatic nitrogens is 2. The lowest BCUT2D eigenvalue weighted by molar-refractivity contribution is 0.410. The number of aryl methyl sites for hydroxylation is 1. The van der Waals surface area contributed by atoms with Crippen LogP contribution in [-0.4, -0.2) is 17.1 Å². The second kappa shape index (κ2) is 5.60. The molecule has 0 fully saturated rings. The molecule has 0 radical (unpaired) electrons. The summed E-state index contributed by atoms with van der Waals surface area (Å²) in [5.74, 6) is 1.64. The van der Waals surface area contributed by atoms with Crippen LogP contribution >= 0.6 is 0 Å². The highest BCUT2D eigenvalue weighted by molar-refractivity contribution is 5.35. The molecule has 0 atom stereocenters. The van der Waals surface area contributed by atoms with E-state index in [0.29, 0.717) is 13.0 Å². The molecule has 1 heterocycles. The predicted molar refractivity (Wildman–Crippen MR) is 70.5 cm³/mol. The molecular formula is C14H17N3O. The van der Waals surface area contributed by atoms with Gasteiger partial charge in [-0.15, -0.1) is 0 Å². The molecule has 1 aromatic carbocycles. The largest absolute Gasteiger partial charge is 0.496 e. The Bertz CT molecular complexity index is 540. The maximum atomic E-state index is 5.62. The van der Waals surface area contributed by atoms with Gasteiger partial charge in [-0.3, -0.25) is 0 Å². The first kappa shape index (κ1) is 12.5. The third-order valence-corrected chi connectivity index (χ3v) is 2.70. The molecule has 0 bridgehead atoms. The van der Waals surface area contributed by atoms with E-state index < -0.39 is 0 Å². The van der Waals surface area contributed by atoms with Crippen molar-refractivity contribution in [3.8, 4) is 5.75 Å². The molecule has 18 heavy (non-hydrogen) atoms. The highest BCUT2D eigenvalue weighted by Gasteiger charge is 2.06. The van der Waals surface area contributed by atoms with E-state index in [4.69, 9.17) is 10.5 Å². The molecule has 0 saturated heterocycles. The summed E-state index contributed by atoms with van der Waals surface area (Å²) < 4.78 is 5.32. The van der Waals surface area contributed by atoms with E-state index in [1.54, 1.807) is 7.11 Å². The average Bonchev–Trinajstić information content (AvgIpc) is 2.38. The van der Waals surface area contributed by atoms with Crippen LogP contribution in [0.15, 0.2) is 30.3 Å². The van der Waals surface area contributed by atoms with Crippen LogP contribution in [0.25, 0.3) is 0 Å². The molecular weight excluding hydrogens is 226 g/mol. The number of hydrogen-bond acceptors (Lipinski definition) is 4. The number of hydrogen-bond donors (Lipinski definition) is 1. The van der Waals surface area contributed by atoms with Crippen LogP contribution in [0.2, 0.25) is 0 Å². The van der Waals surface area contributed by atoms with Gasteiger partial charge in [-0.2, -0.15) is 0 Å². The van der Waals surface area contributed by atoms with Crippen molar-refractivity contribution >= 4 is 0 Å². The molecule has 0 spiro atoms. The summed E-state index contributed by atoms with van der Waals surface area (Å²) in [6.45, 7) is 2.38. The van der Waals surface area contributed by atoms with Crippen molar-refractivity contribution in [2.75, 3.05) is 7.11 Å². The Balaban J connectivity index is 2.30. The van der Waals surface area contributed by atoms with Crippen LogP contribution in [-0.2, 0) is 13.0 Å². The average molecular weight is 243 g/mol. The van der Waals surface area contributed by atoms with Gasteiger partial charge in [0.2, 0.25) is 0 Å². The maximum Gasteiger partial charge on any atom is 0.133 e. The Hall–Kier alpha value is -1.94. The summed E-state index contributed by atoms with van der Waals surface area (Å²) in [4.78, 5) is 8.86. The molecule has 4 nitrogen and oxygen atoms in total.